The maximum Gasteiger partial charge on any atom is 0.243 e. The summed E-state index contributed by atoms with van der Waals surface area (Å²) < 4.78 is 0. The predicted octanol–water partition coefficient (Wildman–Crippen LogP) is 8.27. The monoisotopic (exact) mass is 548 g/mol. The molecule has 0 fully saturated rings. The smallest absolute Gasteiger partial charge is 0.0985 e. The molecule has 0 saturated heterocycles. The average Bonchev–Trinajstić information content (AvgIpc) is 3.04. The van der Waals surface area contributed by atoms with Crippen LogP contribution in [-0.2, 0) is 12.8 Å². The lowest BCUT2D eigenvalue weighted by Gasteiger charge is -2.37. The molecule has 0 N–H and O–H groups in total. The molecule has 0 radical (unpaired) electrons. The normalized spacial score (nSPS) is 12.7. The number of benzene rings is 6. The number of hydrogen-bond donors (Lipinski definition) is 0. The molecule has 0 atom stereocenters. The van der Waals surface area contributed by atoms with Gasteiger partial charge in [0.2, 0.25) is 6.71 Å². The van der Waals surface area contributed by atoms with Crippen LogP contribution in [0.4, 0.5) is 0 Å². The Balaban J connectivity index is 1.36. The summed E-state index contributed by atoms with van der Waals surface area (Å²) in [5, 5.41) is 0. The lowest BCUT2D eigenvalue weighted by molar-refractivity contribution is 1.14. The Kier molecular flexibility index (Phi) is 6.08. The standard InChI is InChI=1S/C42H33B/c1-4-29-15-17-32(18-16-29)34-20-28(3)41-37(22-34)26-39-24-35(31-13-9-6-10-14-31)23-38-25-36-21-33(30-11-7-5-8-12-30)19-27(2)40(36)43(41)42(38)39/h4-24H,1,25-26H2,2-3H3. The fourth-order valence-corrected chi connectivity index (χ4v) is 7.72. The SMILES string of the molecule is C=Cc1ccc(-c2cc(C)c3c(c2)Cc2cc(-c4ccccc4)cc4c2B3c2c(C)cc(-c3ccccc3)cc2C4)cc1. The largest absolute Gasteiger partial charge is 0.243 e. The topological polar surface area (TPSA) is 0 Å². The summed E-state index contributed by atoms with van der Waals surface area (Å²) >= 11 is 0. The Hall–Kier alpha value is -4.88. The van der Waals surface area contributed by atoms with Crippen molar-refractivity contribution in [3.63, 3.8) is 0 Å². The van der Waals surface area contributed by atoms with E-state index in [-0.39, 0.29) is 6.71 Å². The molecule has 0 nitrogen and oxygen atoms in total. The lowest BCUT2D eigenvalue weighted by atomic mass is 9.29. The van der Waals surface area contributed by atoms with Gasteiger partial charge in [-0.25, -0.2) is 0 Å². The summed E-state index contributed by atoms with van der Waals surface area (Å²) in [6.45, 7) is 8.84. The first-order chi connectivity index (χ1) is 21.1. The van der Waals surface area contributed by atoms with E-state index >= 15 is 0 Å². The van der Waals surface area contributed by atoms with Crippen LogP contribution in [0, 0.1) is 13.8 Å². The van der Waals surface area contributed by atoms with E-state index in [1.165, 1.54) is 77.7 Å². The maximum absolute atomic E-state index is 3.93. The van der Waals surface area contributed by atoms with Crippen LogP contribution in [0.25, 0.3) is 39.5 Å². The van der Waals surface area contributed by atoms with E-state index in [1.807, 2.05) is 6.08 Å². The zero-order chi connectivity index (χ0) is 29.1. The Morgan fingerprint density at radius 3 is 1.30 bits per heavy atom. The summed E-state index contributed by atoms with van der Waals surface area (Å²) in [4.78, 5) is 0. The maximum atomic E-state index is 3.93. The van der Waals surface area contributed by atoms with Crippen LogP contribution in [0.2, 0.25) is 0 Å². The molecule has 0 spiro atoms. The molecule has 43 heavy (non-hydrogen) atoms. The first kappa shape index (κ1) is 25.8. The van der Waals surface area contributed by atoms with Crippen LogP contribution in [0.5, 0.6) is 0 Å². The molecule has 0 amide bonds. The van der Waals surface area contributed by atoms with E-state index in [1.54, 1.807) is 5.46 Å². The van der Waals surface area contributed by atoms with Crippen LogP contribution in [0.3, 0.4) is 0 Å². The first-order valence-corrected chi connectivity index (χ1v) is 15.3. The molecule has 0 bridgehead atoms. The zero-order valence-corrected chi connectivity index (χ0v) is 24.8. The molecule has 6 aromatic carbocycles. The molecule has 0 aliphatic carbocycles. The summed E-state index contributed by atoms with van der Waals surface area (Å²) in [5.74, 6) is 0. The van der Waals surface area contributed by atoms with Crippen LogP contribution in [0.1, 0.15) is 38.9 Å². The van der Waals surface area contributed by atoms with Gasteiger partial charge in [0.05, 0.1) is 0 Å². The second-order valence-corrected chi connectivity index (χ2v) is 12.3. The number of rotatable bonds is 4. The Morgan fingerprint density at radius 1 is 0.465 bits per heavy atom. The van der Waals surface area contributed by atoms with E-state index < -0.39 is 0 Å². The summed E-state index contributed by atoms with van der Waals surface area (Å²) in [6.07, 6.45) is 3.84. The third kappa shape index (κ3) is 4.31. The van der Waals surface area contributed by atoms with Crippen LogP contribution in [-0.4, -0.2) is 6.71 Å². The van der Waals surface area contributed by atoms with Gasteiger partial charge in [0, 0.05) is 0 Å². The van der Waals surface area contributed by atoms with Gasteiger partial charge in [-0.05, 0) is 87.9 Å². The summed E-state index contributed by atoms with van der Waals surface area (Å²) in [5.41, 5.74) is 22.1. The highest BCUT2D eigenvalue weighted by molar-refractivity contribution is 6.97. The fourth-order valence-electron chi connectivity index (χ4n) is 7.72. The first-order valence-electron chi connectivity index (χ1n) is 15.3. The van der Waals surface area contributed by atoms with Crippen LogP contribution >= 0.6 is 0 Å². The molecule has 2 aliphatic rings. The van der Waals surface area contributed by atoms with Gasteiger partial charge in [-0.15, -0.1) is 0 Å². The van der Waals surface area contributed by atoms with E-state index in [0.29, 0.717) is 0 Å². The molecule has 1 heteroatoms. The molecular weight excluding hydrogens is 515 g/mol. The molecule has 0 unspecified atom stereocenters. The molecular formula is C42H33B. The highest BCUT2D eigenvalue weighted by Crippen LogP contribution is 2.33. The minimum Gasteiger partial charge on any atom is -0.0985 e. The minimum absolute atomic E-state index is 0.254. The number of hydrogen-bond acceptors (Lipinski definition) is 0. The van der Waals surface area contributed by atoms with Crippen LogP contribution < -0.4 is 16.4 Å². The number of fused-ring (bicyclic) bond motifs is 4. The zero-order valence-electron chi connectivity index (χ0n) is 24.8. The molecule has 8 rings (SSSR count). The van der Waals surface area contributed by atoms with Gasteiger partial charge >= 0.3 is 0 Å². The van der Waals surface area contributed by atoms with Gasteiger partial charge in [-0.1, -0.05) is 161 Å². The third-order valence-electron chi connectivity index (χ3n) is 9.62. The van der Waals surface area contributed by atoms with E-state index in [4.69, 9.17) is 0 Å². The molecule has 6 aromatic rings. The van der Waals surface area contributed by atoms with Gasteiger partial charge in [-0.2, -0.15) is 0 Å². The average molecular weight is 549 g/mol. The molecule has 0 aromatic heterocycles. The van der Waals surface area contributed by atoms with Gasteiger partial charge < -0.3 is 0 Å². The van der Waals surface area contributed by atoms with Crippen molar-refractivity contribution < 1.29 is 0 Å². The molecule has 0 saturated carbocycles. The van der Waals surface area contributed by atoms with Crippen molar-refractivity contribution in [3.05, 3.63) is 167 Å². The second kappa shape index (κ2) is 10.1. The molecule has 2 heterocycles. The van der Waals surface area contributed by atoms with Crippen molar-refractivity contribution in [2.24, 2.45) is 0 Å². The van der Waals surface area contributed by atoms with Crippen molar-refractivity contribution in [1.82, 2.24) is 0 Å². The van der Waals surface area contributed by atoms with Gasteiger partial charge in [-0.3, -0.25) is 0 Å². The van der Waals surface area contributed by atoms with Crippen molar-refractivity contribution in [1.29, 1.82) is 0 Å². The fraction of sp³-hybridized carbons (Fsp3) is 0.0952. The minimum atomic E-state index is 0.254. The summed E-state index contributed by atoms with van der Waals surface area (Å²) in [7, 11) is 0. The predicted molar refractivity (Wildman–Crippen MR) is 185 cm³/mol. The molecule has 2 aliphatic heterocycles. The van der Waals surface area contributed by atoms with Gasteiger partial charge in [0.25, 0.3) is 0 Å². The Labute approximate surface area is 255 Å². The number of aryl methyl sites for hydroxylation is 2. The van der Waals surface area contributed by atoms with Gasteiger partial charge in [0.15, 0.2) is 0 Å². The Morgan fingerprint density at radius 2 is 0.860 bits per heavy atom. The van der Waals surface area contributed by atoms with Crippen molar-refractivity contribution in [3.8, 4) is 33.4 Å². The second-order valence-electron chi connectivity index (χ2n) is 12.3. The van der Waals surface area contributed by atoms with Gasteiger partial charge in [0.1, 0.15) is 0 Å². The Bertz CT molecular complexity index is 2020. The van der Waals surface area contributed by atoms with Crippen LogP contribution in [0.15, 0.2) is 128 Å². The summed E-state index contributed by atoms with van der Waals surface area (Å²) in [6, 6.07) is 45.2. The van der Waals surface area contributed by atoms with E-state index in [9.17, 15) is 0 Å². The van der Waals surface area contributed by atoms with Crippen molar-refractivity contribution >= 4 is 29.2 Å². The van der Waals surface area contributed by atoms with Crippen molar-refractivity contribution in [2.75, 3.05) is 0 Å². The van der Waals surface area contributed by atoms with E-state index in [0.717, 1.165) is 18.4 Å². The lowest BCUT2D eigenvalue weighted by Crippen LogP contribution is -2.62. The van der Waals surface area contributed by atoms with Crippen molar-refractivity contribution in [2.45, 2.75) is 26.7 Å². The third-order valence-corrected chi connectivity index (χ3v) is 9.62. The molecule has 204 valence electrons. The van der Waals surface area contributed by atoms with E-state index in [2.05, 4.69) is 142 Å². The quantitative estimate of drug-likeness (QED) is 0.194. The highest BCUT2D eigenvalue weighted by atomic mass is 14.3. The highest BCUT2D eigenvalue weighted by Gasteiger charge is 2.39.